The Morgan fingerprint density at radius 2 is 1.29 bits per heavy atom. The number of hydrogen-bond acceptors (Lipinski definition) is 3. The zero-order valence-corrected chi connectivity index (χ0v) is 8.97. The minimum atomic E-state index is -0.981. The van der Waals surface area contributed by atoms with Crippen LogP contribution < -0.4 is 5.73 Å². The van der Waals surface area contributed by atoms with Gasteiger partial charge in [0.15, 0.2) is 0 Å². The van der Waals surface area contributed by atoms with Crippen LogP contribution in [0, 0.1) is 0 Å². The molecule has 17 heavy (non-hydrogen) atoms. The Balaban J connectivity index is -0.0000000729. The molecule has 0 aliphatic rings. The van der Waals surface area contributed by atoms with Crippen LogP contribution in [-0.4, -0.2) is 39.0 Å². The molecule has 0 aliphatic carbocycles. The number of carboxylic acid groups (broad SMARTS) is 2. The van der Waals surface area contributed by atoms with Crippen molar-refractivity contribution in [2.75, 3.05) is 0 Å². The number of aliphatic carboxylic acids is 2. The maximum absolute atomic E-state index is 9.60. The molecule has 0 saturated carbocycles. The van der Waals surface area contributed by atoms with Crippen molar-refractivity contribution in [3.63, 3.8) is 0 Å². The number of carbonyl (C=O) groups is 3. The van der Waals surface area contributed by atoms with Crippen molar-refractivity contribution in [3.8, 4) is 0 Å². The lowest BCUT2D eigenvalue weighted by Crippen LogP contribution is -2.04. The molecule has 0 aromatic carbocycles. The van der Waals surface area contributed by atoms with Gasteiger partial charge in [-0.1, -0.05) is 19.7 Å². The predicted octanol–water partition coefficient (Wildman–Crippen LogP) is -0.890. The van der Waals surface area contributed by atoms with Crippen molar-refractivity contribution in [2.45, 2.75) is 6.92 Å². The number of amides is 1. The lowest BCUT2D eigenvalue weighted by atomic mass is 10.4. The molecule has 0 atom stereocenters. The molecule has 0 bridgehead atoms. The molecule has 0 radical (unpaired) electrons. The fourth-order valence-electron chi connectivity index (χ4n) is 0. The zero-order valence-electron chi connectivity index (χ0n) is 8.97. The molecule has 6 nitrogen and oxygen atoms in total. The summed E-state index contributed by atoms with van der Waals surface area (Å²) in [5, 5.41) is 15.5. The average molecular weight is 261 g/mol. The van der Waals surface area contributed by atoms with Crippen LogP contribution >= 0.6 is 0 Å². The van der Waals surface area contributed by atoms with Gasteiger partial charge in [-0.05, 0) is 24.0 Å². The monoisotopic (exact) mass is 261 g/mol. The second-order valence-corrected chi connectivity index (χ2v) is 2.23. The van der Waals surface area contributed by atoms with E-state index >= 15 is 0 Å². The summed E-state index contributed by atoms with van der Waals surface area (Å²) in [7, 11) is 0. The van der Waals surface area contributed by atoms with Gasteiger partial charge in [-0.25, -0.2) is 9.59 Å². The van der Waals surface area contributed by atoms with Crippen molar-refractivity contribution in [3.05, 3.63) is 37.5 Å². The number of primary amides is 1. The van der Waals surface area contributed by atoms with E-state index in [9.17, 15) is 14.4 Å². The van der Waals surface area contributed by atoms with Crippen LogP contribution in [0.15, 0.2) is 37.5 Å². The third kappa shape index (κ3) is 56.8. The van der Waals surface area contributed by atoms with Crippen molar-refractivity contribution in [1.29, 1.82) is 0 Å². The molecule has 0 rings (SSSR count). The molecule has 4 N–H and O–H groups in total. The summed E-state index contributed by atoms with van der Waals surface area (Å²) < 4.78 is 0. The van der Waals surface area contributed by atoms with Crippen LogP contribution in [0.3, 0.4) is 0 Å². The highest BCUT2D eigenvalue weighted by atomic mass is 28.1. The lowest BCUT2D eigenvalue weighted by molar-refractivity contribution is -0.133. The molecule has 7 heteroatoms. The number of nitrogens with two attached hydrogens (primary N) is 1. The smallest absolute Gasteiger partial charge is 0.330 e. The minimum absolute atomic E-state index is 0. The van der Waals surface area contributed by atoms with E-state index in [4.69, 9.17) is 10.2 Å². The molecule has 0 aromatic heterocycles. The molecule has 0 aromatic rings. The maximum atomic E-state index is 9.60. The van der Waals surface area contributed by atoms with Crippen LogP contribution in [0.5, 0.6) is 0 Å². The van der Waals surface area contributed by atoms with Gasteiger partial charge in [0.2, 0.25) is 5.91 Å². The van der Waals surface area contributed by atoms with Gasteiger partial charge in [0.1, 0.15) is 0 Å². The van der Waals surface area contributed by atoms with Gasteiger partial charge in [-0.2, -0.15) is 0 Å². The molecule has 1 amide bonds. The molecular weight excluding hydrogens is 242 g/mol. The van der Waals surface area contributed by atoms with Crippen LogP contribution in [0.1, 0.15) is 6.92 Å². The second kappa shape index (κ2) is 16.3. The summed E-state index contributed by atoms with van der Waals surface area (Å²) in [6.07, 6.45) is 1.89. The van der Waals surface area contributed by atoms with Crippen LogP contribution in [0.25, 0.3) is 0 Å². The highest BCUT2D eigenvalue weighted by Gasteiger charge is 1.90. The van der Waals surface area contributed by atoms with Gasteiger partial charge in [0.05, 0.1) is 0 Å². The molecule has 0 spiro atoms. The third-order valence-electron chi connectivity index (χ3n) is 0.741. The number of carbonyl (C=O) groups excluding carboxylic acids is 1. The van der Waals surface area contributed by atoms with E-state index in [1.54, 1.807) is 0 Å². The Hall–Kier alpha value is -2.15. The van der Waals surface area contributed by atoms with E-state index in [0.29, 0.717) is 0 Å². The van der Waals surface area contributed by atoms with Crippen LogP contribution in [-0.2, 0) is 14.4 Å². The summed E-state index contributed by atoms with van der Waals surface area (Å²) in [5.74, 6) is -2.40. The number of carboxylic acids is 2. The first-order chi connectivity index (χ1) is 7.18. The quantitative estimate of drug-likeness (QED) is 0.450. The Kier molecular flexibility index (Phi) is 23.2. The van der Waals surface area contributed by atoms with Gasteiger partial charge in [-0.15, -0.1) is 0 Å². The first kappa shape index (κ1) is 24.2. The summed E-state index contributed by atoms with van der Waals surface area (Å²) in [6, 6.07) is 0. The first-order valence-corrected chi connectivity index (χ1v) is 3.85. The largest absolute Gasteiger partial charge is 0.478 e. The van der Waals surface area contributed by atoms with Gasteiger partial charge < -0.3 is 15.9 Å². The molecule has 0 heterocycles. The van der Waals surface area contributed by atoms with Crippen LogP contribution in [0.4, 0.5) is 0 Å². The predicted molar refractivity (Wildman–Crippen MR) is 71.0 cm³/mol. The highest BCUT2D eigenvalue weighted by Crippen LogP contribution is 1.81. The van der Waals surface area contributed by atoms with Gasteiger partial charge in [-0.3, -0.25) is 4.79 Å². The normalized spacial score (nSPS) is 6.41. The average Bonchev–Trinajstić information content (AvgIpc) is 2.19. The topological polar surface area (TPSA) is 118 Å². The molecule has 0 fully saturated rings. The minimum Gasteiger partial charge on any atom is -0.478 e. The number of rotatable bonds is 3. The van der Waals surface area contributed by atoms with E-state index in [-0.39, 0.29) is 16.5 Å². The summed E-state index contributed by atoms with van der Waals surface area (Å²) in [4.78, 5) is 28.3. The fourth-order valence-corrected chi connectivity index (χ4v) is 0. The Labute approximate surface area is 104 Å². The van der Waals surface area contributed by atoms with E-state index in [1.807, 2.05) is 0 Å². The molecule has 0 saturated heterocycles. The van der Waals surface area contributed by atoms with Crippen LogP contribution in [0.2, 0.25) is 0 Å². The van der Waals surface area contributed by atoms with Crippen molar-refractivity contribution in [1.82, 2.24) is 0 Å². The number of hydrogen-bond donors (Lipinski definition) is 3. The zero-order chi connectivity index (χ0) is 13.7. The first-order valence-electron chi connectivity index (χ1n) is 3.85. The third-order valence-corrected chi connectivity index (χ3v) is 0.741. The van der Waals surface area contributed by atoms with Gasteiger partial charge in [0.25, 0.3) is 0 Å². The van der Waals surface area contributed by atoms with Crippen molar-refractivity contribution >= 4 is 28.8 Å². The lowest BCUT2D eigenvalue weighted by Gasteiger charge is -1.79. The Morgan fingerprint density at radius 3 is 1.29 bits per heavy atom. The van der Waals surface area contributed by atoms with Gasteiger partial charge in [0, 0.05) is 11.6 Å². The van der Waals surface area contributed by atoms with E-state index in [0.717, 1.165) is 12.2 Å². The summed E-state index contributed by atoms with van der Waals surface area (Å²) in [5.41, 5.74) is 4.71. The standard InChI is InChI=1S/C4H6O2.C3H5NO.C3H4O2.H4Si/c1-3(2)4(5)6;2*1-2-3(4)5;/h1H2,2H3,(H,5,6);2H,1H2,(H2,4,5);2H,1H2,(H,4,5);1H4. The Morgan fingerprint density at radius 1 is 1.12 bits per heavy atom. The Bertz CT molecular complexity index is 269. The molecule has 0 unspecified atom stereocenters. The molecular formula is C10H19NO5Si. The van der Waals surface area contributed by atoms with E-state index < -0.39 is 17.8 Å². The van der Waals surface area contributed by atoms with Gasteiger partial charge >= 0.3 is 11.9 Å². The summed E-state index contributed by atoms with van der Waals surface area (Å²) >= 11 is 0. The molecule has 98 valence electrons. The fraction of sp³-hybridized carbons (Fsp3) is 0.100. The highest BCUT2D eigenvalue weighted by molar-refractivity contribution is 5.85. The van der Waals surface area contributed by atoms with Crippen molar-refractivity contribution < 1.29 is 24.6 Å². The van der Waals surface area contributed by atoms with E-state index in [2.05, 4.69) is 25.5 Å². The second-order valence-electron chi connectivity index (χ2n) is 2.23. The summed E-state index contributed by atoms with van der Waals surface area (Å²) in [6.45, 7) is 10.6. The molecule has 0 aliphatic heterocycles. The SMILES string of the molecule is C=C(C)C(=O)O.C=CC(=O)O.C=CC(N)=O.[SiH4]. The van der Waals surface area contributed by atoms with Crippen molar-refractivity contribution in [2.24, 2.45) is 5.73 Å². The maximum Gasteiger partial charge on any atom is 0.330 e. The van der Waals surface area contributed by atoms with E-state index in [1.165, 1.54) is 6.92 Å².